The lowest BCUT2D eigenvalue weighted by atomic mass is 9.95. The van der Waals surface area contributed by atoms with Gasteiger partial charge in [-0.05, 0) is 119 Å². The normalized spacial score (nSPS) is 11.1. The first-order chi connectivity index (χ1) is 47.4. The Labute approximate surface area is 555 Å². The summed E-state index contributed by atoms with van der Waals surface area (Å²) in [4.78, 5) is 62.8. The van der Waals surface area contributed by atoms with Gasteiger partial charge in [0.05, 0.1) is 44.1 Å². The van der Waals surface area contributed by atoms with Crippen LogP contribution in [0.25, 0.3) is 174 Å². The third kappa shape index (κ3) is 9.54. The summed E-state index contributed by atoms with van der Waals surface area (Å²) in [7, 11) is 0. The topological polar surface area (TPSA) is 144 Å². The summed E-state index contributed by atoms with van der Waals surface area (Å²) in [6.45, 7) is 32.0. The van der Waals surface area contributed by atoms with E-state index in [-0.39, 0.29) is 16.7 Å². The second-order valence-corrected chi connectivity index (χ2v) is 21.1. The largest absolute Gasteiger partial charge is 0.283 e. The third-order valence-corrected chi connectivity index (χ3v) is 17.2. The molecule has 0 aliphatic carbocycles. The molecular weight excluding hydrogens is 1180 g/mol. The molecule has 12 nitrogen and oxygen atoms in total. The van der Waals surface area contributed by atoms with Crippen LogP contribution >= 0.6 is 0 Å². The highest BCUT2D eigenvalue weighted by atomic mass is 16.1. The summed E-state index contributed by atoms with van der Waals surface area (Å²) in [5.74, 6) is 0. The molecule has 0 spiro atoms. The van der Waals surface area contributed by atoms with E-state index in [0.29, 0.717) is 44.2 Å². The molecule has 12 aromatic carbocycles. The Morgan fingerprint density at radius 3 is 0.688 bits per heavy atom. The van der Waals surface area contributed by atoms with Crippen LogP contribution in [0.5, 0.6) is 0 Å². The number of nitrogens with one attached hydrogen (secondary N) is 1. The molecule has 0 amide bonds. The van der Waals surface area contributed by atoms with E-state index in [1.165, 1.54) is 0 Å². The maximum Gasteiger partial charge on any atom is 0.264 e. The maximum absolute atomic E-state index is 14.2. The lowest BCUT2D eigenvalue weighted by Gasteiger charge is -2.18. The van der Waals surface area contributed by atoms with Crippen LogP contribution in [-0.4, -0.2) is 37.5 Å². The van der Waals surface area contributed by atoms with Crippen LogP contribution in [0.1, 0.15) is 111 Å². The molecule has 0 saturated carbocycles. The van der Waals surface area contributed by atoms with Crippen molar-refractivity contribution in [1.29, 1.82) is 5.41 Å². The van der Waals surface area contributed by atoms with Gasteiger partial charge in [-0.3, -0.25) is 37.4 Å². The van der Waals surface area contributed by atoms with Gasteiger partial charge < -0.3 is 0 Å². The minimum atomic E-state index is -0.146. The van der Waals surface area contributed by atoms with Crippen LogP contribution in [0.4, 0.5) is 0 Å². The Morgan fingerprint density at radius 2 is 0.427 bits per heavy atom. The molecule has 0 fully saturated rings. The van der Waals surface area contributed by atoms with Crippen molar-refractivity contribution in [2.75, 3.05) is 0 Å². The van der Waals surface area contributed by atoms with Crippen molar-refractivity contribution in [3.8, 4) is 0 Å². The van der Waals surface area contributed by atoms with Crippen molar-refractivity contribution in [1.82, 2.24) is 37.5 Å². The van der Waals surface area contributed by atoms with Crippen LogP contribution in [0.15, 0.2) is 209 Å². The number of nitrogens with zero attached hydrogens (tertiary/aromatic N) is 8. The van der Waals surface area contributed by atoms with E-state index >= 15 is 0 Å². The van der Waals surface area contributed by atoms with Gasteiger partial charge in [0.1, 0.15) is 28.1 Å². The Balaban J connectivity index is 0.000000162. The molecule has 8 aromatic heterocycles. The van der Waals surface area contributed by atoms with E-state index in [1.54, 1.807) is 25.3 Å². The summed E-state index contributed by atoms with van der Waals surface area (Å²) >= 11 is 0. The number of fused-ring (bicyclic) bond motifs is 12. The van der Waals surface area contributed by atoms with Crippen LogP contribution < -0.4 is 22.2 Å². The quantitative estimate of drug-likeness (QED) is 0.118. The third-order valence-electron chi connectivity index (χ3n) is 17.2. The first-order valence-electron chi connectivity index (χ1n) is 34.4. The van der Waals surface area contributed by atoms with Gasteiger partial charge >= 0.3 is 0 Å². The number of benzene rings is 12. The highest BCUT2D eigenvalue weighted by Gasteiger charge is 2.25. The molecule has 480 valence electrons. The van der Waals surface area contributed by atoms with Crippen LogP contribution in [0.3, 0.4) is 0 Å². The minimum absolute atomic E-state index is 0.105. The zero-order chi connectivity index (χ0) is 68.5. The zero-order valence-corrected chi connectivity index (χ0v) is 57.8. The number of aromatic nitrogens is 8. The lowest BCUT2D eigenvalue weighted by molar-refractivity contribution is 1.05. The summed E-state index contributed by atoms with van der Waals surface area (Å²) in [6, 6.07) is 63.9. The van der Waals surface area contributed by atoms with Gasteiger partial charge in [-0.1, -0.05) is 208 Å². The standard InChI is InChI=1S/C34H17N5O.C34H16N4O2.8C2H6/c35-31-19-13-14-21-30-22(34(40)39-26-12-4-8-18-6-2-10-24(28(18)26)37-33(21)39)16-15-20(29(19)30)32-36-23-9-1-5-17-7-3-11-25(27(17)23)38(31)32;39-33-21-15-16-22-30-20(32-36-24-10-2-6-18-8-4-12-26(28(18)24)38(32)34(22)40)14-13-19(29(21)30)31-35-23-9-1-5-17-7-3-11-25(27(17)23)37(31)33;8*1-2/h1-16,35H;1-16H;8*1-2H3. The minimum Gasteiger partial charge on any atom is -0.283 e. The Morgan fingerprint density at radius 1 is 0.229 bits per heavy atom. The summed E-state index contributed by atoms with van der Waals surface area (Å²) < 4.78 is 7.15. The number of hydrogen-bond acceptors (Lipinski definition) is 8. The smallest absolute Gasteiger partial charge is 0.264 e. The van der Waals surface area contributed by atoms with Crippen molar-refractivity contribution in [2.45, 2.75) is 111 Å². The molecule has 0 atom stereocenters. The molecule has 0 bridgehead atoms. The average molecular weight is 1260 g/mol. The van der Waals surface area contributed by atoms with E-state index in [4.69, 9.17) is 19.9 Å². The molecule has 96 heavy (non-hydrogen) atoms. The van der Waals surface area contributed by atoms with E-state index in [1.807, 2.05) is 267 Å². The fourth-order valence-corrected chi connectivity index (χ4v) is 14.0. The molecular formula is C84H81N9O3. The van der Waals surface area contributed by atoms with E-state index in [9.17, 15) is 19.8 Å². The molecule has 8 heterocycles. The fourth-order valence-electron chi connectivity index (χ4n) is 14.0. The van der Waals surface area contributed by atoms with Crippen molar-refractivity contribution in [2.24, 2.45) is 0 Å². The molecule has 0 aliphatic rings. The van der Waals surface area contributed by atoms with Crippen molar-refractivity contribution in [3.05, 3.63) is 231 Å². The average Bonchev–Trinajstić information content (AvgIpc) is 0.701. The van der Waals surface area contributed by atoms with Crippen molar-refractivity contribution in [3.63, 3.8) is 0 Å². The van der Waals surface area contributed by atoms with E-state index in [0.717, 1.165) is 136 Å². The summed E-state index contributed by atoms with van der Waals surface area (Å²) in [6.07, 6.45) is 0. The first kappa shape index (κ1) is 66.2. The van der Waals surface area contributed by atoms with Gasteiger partial charge in [-0.2, -0.15) is 0 Å². The van der Waals surface area contributed by atoms with Crippen LogP contribution in [0.2, 0.25) is 0 Å². The molecule has 12 heteroatoms. The van der Waals surface area contributed by atoms with Gasteiger partial charge in [0.15, 0.2) is 0 Å². The van der Waals surface area contributed by atoms with E-state index in [2.05, 4.69) is 30.3 Å². The molecule has 20 aromatic rings. The van der Waals surface area contributed by atoms with Crippen LogP contribution in [0, 0.1) is 5.41 Å². The van der Waals surface area contributed by atoms with Gasteiger partial charge in [0.2, 0.25) is 0 Å². The molecule has 20 rings (SSSR count). The highest BCUT2D eigenvalue weighted by molar-refractivity contribution is 6.30. The van der Waals surface area contributed by atoms with Gasteiger partial charge in [0, 0.05) is 86.2 Å². The Hall–Kier alpha value is -11.2. The molecule has 0 aliphatic heterocycles. The predicted octanol–water partition coefficient (Wildman–Crippen LogP) is 21.6. The zero-order valence-electron chi connectivity index (χ0n) is 57.8. The maximum atomic E-state index is 14.2. The van der Waals surface area contributed by atoms with E-state index < -0.39 is 0 Å². The first-order valence-corrected chi connectivity index (χ1v) is 34.4. The SMILES string of the molecule is CC.CC.CC.CC.CC.CC.CC.CC.N=c1c2ccc3c4c(ccc(c24)c2nc4cccc5cccc(c54)n12)c(=O)n1c2cccc4cccc(nc31)c42.O=c1c2ccc3c(=O)n4c5cccc6cccc(nc4c4ccc(c2c34)c2nc3cccc4cccc(c43)n12)c65. The Bertz CT molecular complexity index is 5770. The highest BCUT2D eigenvalue weighted by Crippen LogP contribution is 2.41. The predicted molar refractivity (Wildman–Crippen MR) is 413 cm³/mol. The molecule has 1 N–H and O–H groups in total. The molecule has 0 saturated heterocycles. The number of rotatable bonds is 0. The Kier molecular flexibility index (Phi) is 18.9. The van der Waals surface area contributed by atoms with Crippen LogP contribution in [-0.2, 0) is 0 Å². The molecule has 0 unspecified atom stereocenters. The van der Waals surface area contributed by atoms with Gasteiger partial charge in [-0.25, -0.2) is 19.9 Å². The monoisotopic (exact) mass is 1260 g/mol. The van der Waals surface area contributed by atoms with Gasteiger partial charge in [0.25, 0.3) is 16.7 Å². The van der Waals surface area contributed by atoms with Crippen molar-refractivity contribution < 1.29 is 0 Å². The second kappa shape index (κ2) is 27.4. The fraction of sp³-hybridized carbons (Fsp3) is 0.190. The van der Waals surface area contributed by atoms with Gasteiger partial charge in [-0.15, -0.1) is 0 Å². The van der Waals surface area contributed by atoms with Crippen molar-refractivity contribution >= 4 is 174 Å². The summed E-state index contributed by atoms with van der Waals surface area (Å²) in [5, 5.41) is 26.8. The lowest BCUT2D eigenvalue weighted by Crippen LogP contribution is -2.19. The second-order valence-electron chi connectivity index (χ2n) is 21.1. The summed E-state index contributed by atoms with van der Waals surface area (Å²) in [5.41, 5.74) is 9.33. The molecule has 0 radical (unpaired) electrons. The number of pyridine rings is 4. The number of hydrogen-bond donors (Lipinski definition) is 1.